The van der Waals surface area contributed by atoms with Gasteiger partial charge in [0.05, 0.1) is 24.3 Å². The Kier molecular flexibility index (Phi) is 5.79. The second-order valence-corrected chi connectivity index (χ2v) is 5.35. The van der Waals surface area contributed by atoms with Crippen molar-refractivity contribution in [1.82, 2.24) is 0 Å². The summed E-state index contributed by atoms with van der Waals surface area (Å²) in [5.74, 6) is 0.228. The summed E-state index contributed by atoms with van der Waals surface area (Å²) >= 11 is 5.56. The van der Waals surface area contributed by atoms with Gasteiger partial charge in [0.2, 0.25) is 0 Å². The molecule has 2 rings (SSSR count). The van der Waals surface area contributed by atoms with Crippen LogP contribution in [0, 0.1) is 0 Å². The summed E-state index contributed by atoms with van der Waals surface area (Å²) < 4.78 is 49.1. The number of carbonyl (C=O) groups excluding carboxylic acids is 1. The van der Waals surface area contributed by atoms with Gasteiger partial charge in [-0.2, -0.15) is 13.2 Å². The third kappa shape index (κ3) is 4.57. The quantitative estimate of drug-likeness (QED) is 0.800. The number of alkyl halides is 3. The molecule has 25 heavy (non-hydrogen) atoms. The number of methoxy groups -OCH3 is 1. The fourth-order valence-electron chi connectivity index (χ4n) is 2.11. The van der Waals surface area contributed by atoms with E-state index in [1.807, 2.05) is 0 Å². The van der Waals surface area contributed by atoms with Crippen LogP contribution in [-0.2, 0) is 6.18 Å². The molecule has 0 aliphatic carbocycles. The van der Waals surface area contributed by atoms with Gasteiger partial charge in [-0.1, -0.05) is 11.6 Å². The summed E-state index contributed by atoms with van der Waals surface area (Å²) in [7, 11) is 1.42. The number of hydrogen-bond donors (Lipinski definition) is 1. The summed E-state index contributed by atoms with van der Waals surface area (Å²) in [6.45, 7) is 2.23. The molecule has 2 aromatic carbocycles. The first-order valence-corrected chi connectivity index (χ1v) is 7.63. The Morgan fingerprint density at radius 3 is 2.48 bits per heavy atom. The Bertz CT molecular complexity index is 778. The van der Waals surface area contributed by atoms with Crippen LogP contribution >= 0.6 is 11.6 Å². The van der Waals surface area contributed by atoms with Crippen LogP contribution in [0.4, 0.5) is 18.9 Å². The lowest BCUT2D eigenvalue weighted by molar-refractivity contribution is -0.137. The Balaban J connectivity index is 2.25. The van der Waals surface area contributed by atoms with Crippen molar-refractivity contribution < 1.29 is 27.4 Å². The lowest BCUT2D eigenvalue weighted by Crippen LogP contribution is -2.13. The predicted molar refractivity (Wildman–Crippen MR) is 88.6 cm³/mol. The predicted octanol–water partition coefficient (Wildman–Crippen LogP) is 5.02. The molecule has 0 unspecified atom stereocenters. The first-order chi connectivity index (χ1) is 11.8. The van der Waals surface area contributed by atoms with E-state index in [9.17, 15) is 18.0 Å². The van der Waals surface area contributed by atoms with Crippen LogP contribution in [0.3, 0.4) is 0 Å². The van der Waals surface area contributed by atoms with Crippen molar-refractivity contribution in [3.63, 3.8) is 0 Å². The third-order valence-electron chi connectivity index (χ3n) is 3.26. The minimum Gasteiger partial charge on any atom is -0.493 e. The normalized spacial score (nSPS) is 11.1. The second-order valence-electron chi connectivity index (χ2n) is 4.95. The summed E-state index contributed by atoms with van der Waals surface area (Å²) in [5, 5.41) is 1.97. The lowest BCUT2D eigenvalue weighted by atomic mass is 10.1. The summed E-state index contributed by atoms with van der Waals surface area (Å²) in [4.78, 5) is 12.3. The maximum Gasteiger partial charge on any atom is 0.417 e. The van der Waals surface area contributed by atoms with Gasteiger partial charge in [-0.25, -0.2) is 0 Å². The van der Waals surface area contributed by atoms with Crippen molar-refractivity contribution in [2.24, 2.45) is 0 Å². The molecule has 0 fully saturated rings. The average Bonchev–Trinajstić information content (AvgIpc) is 2.56. The largest absolute Gasteiger partial charge is 0.493 e. The molecule has 0 aromatic heterocycles. The van der Waals surface area contributed by atoms with E-state index in [4.69, 9.17) is 21.1 Å². The van der Waals surface area contributed by atoms with Crippen molar-refractivity contribution >= 4 is 23.2 Å². The molecule has 0 atom stereocenters. The van der Waals surface area contributed by atoms with Gasteiger partial charge >= 0.3 is 6.18 Å². The number of anilines is 1. The molecule has 0 bridgehead atoms. The van der Waals surface area contributed by atoms with Crippen molar-refractivity contribution in [1.29, 1.82) is 0 Å². The van der Waals surface area contributed by atoms with Crippen molar-refractivity contribution in [3.8, 4) is 11.5 Å². The first-order valence-electron chi connectivity index (χ1n) is 7.25. The zero-order valence-electron chi connectivity index (χ0n) is 13.4. The highest BCUT2D eigenvalue weighted by Gasteiger charge is 2.33. The molecule has 0 aliphatic rings. The molecule has 0 aliphatic heterocycles. The van der Waals surface area contributed by atoms with Crippen molar-refractivity contribution in [2.45, 2.75) is 13.1 Å². The van der Waals surface area contributed by atoms with E-state index in [2.05, 4.69) is 5.32 Å². The molecule has 1 N–H and O–H groups in total. The highest BCUT2D eigenvalue weighted by atomic mass is 35.5. The van der Waals surface area contributed by atoms with Gasteiger partial charge in [0.15, 0.2) is 11.5 Å². The van der Waals surface area contributed by atoms with Gasteiger partial charge in [0.25, 0.3) is 5.91 Å². The minimum absolute atomic E-state index is 0.0189. The van der Waals surface area contributed by atoms with Gasteiger partial charge in [-0.05, 0) is 43.3 Å². The molecule has 4 nitrogen and oxygen atoms in total. The molecule has 0 saturated heterocycles. The fraction of sp³-hybridized carbons (Fsp3) is 0.235. The molecule has 8 heteroatoms. The number of nitrogens with one attached hydrogen (secondary N) is 1. The number of amides is 1. The van der Waals surface area contributed by atoms with Crippen LogP contribution in [0.1, 0.15) is 22.8 Å². The fourth-order valence-corrected chi connectivity index (χ4v) is 2.33. The van der Waals surface area contributed by atoms with E-state index < -0.39 is 22.7 Å². The molecule has 134 valence electrons. The molecule has 1 amide bonds. The van der Waals surface area contributed by atoms with Crippen molar-refractivity contribution in [2.75, 3.05) is 19.0 Å². The third-order valence-corrected chi connectivity index (χ3v) is 3.58. The van der Waals surface area contributed by atoms with E-state index in [0.29, 0.717) is 18.1 Å². The van der Waals surface area contributed by atoms with Crippen LogP contribution in [0.2, 0.25) is 5.02 Å². The smallest absolute Gasteiger partial charge is 0.417 e. The number of carbonyl (C=O) groups is 1. The first kappa shape index (κ1) is 18.9. The zero-order valence-corrected chi connectivity index (χ0v) is 14.2. The van der Waals surface area contributed by atoms with Crippen LogP contribution < -0.4 is 14.8 Å². The van der Waals surface area contributed by atoms with Gasteiger partial charge < -0.3 is 14.8 Å². The van der Waals surface area contributed by atoms with E-state index in [-0.39, 0.29) is 11.3 Å². The van der Waals surface area contributed by atoms with E-state index in [0.717, 1.165) is 12.1 Å². The zero-order chi connectivity index (χ0) is 18.6. The Labute approximate surface area is 147 Å². The highest BCUT2D eigenvalue weighted by molar-refractivity contribution is 6.31. The van der Waals surface area contributed by atoms with Crippen LogP contribution in [0.25, 0.3) is 0 Å². The van der Waals surface area contributed by atoms with Gasteiger partial charge in [-0.3, -0.25) is 4.79 Å². The Morgan fingerprint density at radius 2 is 1.88 bits per heavy atom. The molecular formula is C17H15ClF3NO3. The number of ether oxygens (including phenoxy) is 2. The second kappa shape index (κ2) is 7.65. The average molecular weight is 374 g/mol. The number of halogens is 4. The lowest BCUT2D eigenvalue weighted by Gasteiger charge is -2.13. The molecule has 0 saturated carbocycles. The molecular weight excluding hydrogens is 359 g/mol. The summed E-state index contributed by atoms with van der Waals surface area (Å²) in [5.41, 5.74) is -0.824. The summed E-state index contributed by atoms with van der Waals surface area (Å²) in [6, 6.07) is 7.65. The van der Waals surface area contributed by atoms with E-state index >= 15 is 0 Å². The maximum absolute atomic E-state index is 12.9. The monoisotopic (exact) mass is 373 g/mol. The van der Waals surface area contributed by atoms with Gasteiger partial charge in [0, 0.05) is 11.3 Å². The maximum atomic E-state index is 12.9. The number of hydrogen-bond acceptors (Lipinski definition) is 3. The van der Waals surface area contributed by atoms with Gasteiger partial charge in [-0.15, -0.1) is 0 Å². The SMILES string of the molecule is CCOc1ccc(C(=O)Nc2ccc(Cl)c(C(F)(F)F)c2)cc1OC. The topological polar surface area (TPSA) is 47.6 Å². The van der Waals surface area contributed by atoms with Crippen LogP contribution in [0.15, 0.2) is 36.4 Å². The van der Waals surface area contributed by atoms with Crippen LogP contribution in [0.5, 0.6) is 11.5 Å². The Hall–Kier alpha value is -2.41. The molecule has 0 heterocycles. The molecule has 0 radical (unpaired) electrons. The highest BCUT2D eigenvalue weighted by Crippen LogP contribution is 2.36. The number of rotatable bonds is 5. The van der Waals surface area contributed by atoms with E-state index in [1.54, 1.807) is 13.0 Å². The van der Waals surface area contributed by atoms with Crippen molar-refractivity contribution in [3.05, 3.63) is 52.5 Å². The Morgan fingerprint density at radius 1 is 1.16 bits per heavy atom. The summed E-state index contributed by atoms with van der Waals surface area (Å²) in [6.07, 6.45) is -4.61. The molecule has 0 spiro atoms. The molecule has 2 aromatic rings. The van der Waals surface area contributed by atoms with E-state index in [1.165, 1.54) is 25.3 Å². The van der Waals surface area contributed by atoms with Crippen LogP contribution in [-0.4, -0.2) is 19.6 Å². The number of benzene rings is 2. The minimum atomic E-state index is -4.61. The van der Waals surface area contributed by atoms with Gasteiger partial charge in [0.1, 0.15) is 0 Å². The standard InChI is InChI=1S/C17H15ClF3NO3/c1-3-25-14-7-4-10(8-15(14)24-2)16(23)22-11-5-6-13(18)12(9-11)17(19,20)21/h4-9H,3H2,1-2H3,(H,22,23).